The Bertz CT molecular complexity index is 814. The molecule has 3 rings (SSSR count). The van der Waals surface area contributed by atoms with Crippen molar-refractivity contribution >= 4 is 5.78 Å². The van der Waals surface area contributed by atoms with Gasteiger partial charge in [0, 0.05) is 19.0 Å². The molecule has 0 saturated carbocycles. The molecule has 0 spiro atoms. The van der Waals surface area contributed by atoms with Gasteiger partial charge in [-0.05, 0) is 30.3 Å². The van der Waals surface area contributed by atoms with Crippen molar-refractivity contribution in [2.45, 2.75) is 32.9 Å². The van der Waals surface area contributed by atoms with Crippen LogP contribution in [-0.4, -0.2) is 44.1 Å². The van der Waals surface area contributed by atoms with Crippen LogP contribution in [0.2, 0.25) is 0 Å². The van der Waals surface area contributed by atoms with Crippen LogP contribution in [-0.2, 0) is 13.0 Å². The van der Waals surface area contributed by atoms with E-state index in [2.05, 4.69) is 30.9 Å². The first-order chi connectivity index (χ1) is 13.1. The summed E-state index contributed by atoms with van der Waals surface area (Å²) in [5.74, 6) is 1.64. The lowest BCUT2D eigenvalue weighted by Gasteiger charge is -2.18. The van der Waals surface area contributed by atoms with Gasteiger partial charge in [0.2, 0.25) is 5.78 Å². The van der Waals surface area contributed by atoms with Crippen LogP contribution in [0.15, 0.2) is 36.4 Å². The zero-order valence-corrected chi connectivity index (χ0v) is 16.5. The van der Waals surface area contributed by atoms with Crippen molar-refractivity contribution in [3.8, 4) is 17.2 Å². The van der Waals surface area contributed by atoms with E-state index in [9.17, 15) is 4.79 Å². The fourth-order valence-electron chi connectivity index (χ4n) is 3.44. The highest BCUT2D eigenvalue weighted by molar-refractivity contribution is 6.05. The quantitative estimate of drug-likeness (QED) is 0.710. The van der Waals surface area contributed by atoms with Gasteiger partial charge in [0.15, 0.2) is 17.6 Å². The fraction of sp³-hybridized carbons (Fsp3) is 0.409. The monoisotopic (exact) mass is 369 g/mol. The van der Waals surface area contributed by atoms with Gasteiger partial charge in [0.1, 0.15) is 5.75 Å². The summed E-state index contributed by atoms with van der Waals surface area (Å²) in [7, 11) is 3.13. The maximum absolute atomic E-state index is 12.8. The Balaban J connectivity index is 1.76. The molecular formula is C22H27NO4. The van der Waals surface area contributed by atoms with E-state index in [0.717, 1.165) is 25.2 Å². The molecule has 144 valence electrons. The van der Waals surface area contributed by atoms with Crippen LogP contribution in [0.4, 0.5) is 0 Å². The fourth-order valence-corrected chi connectivity index (χ4v) is 3.44. The number of carbonyl (C=O) groups is 1. The predicted molar refractivity (Wildman–Crippen MR) is 105 cm³/mol. The molecule has 0 N–H and O–H groups in total. The number of Topliss-reactive ketones (excluding diaryl/α,β-unsaturated/α-hetero) is 1. The first-order valence-electron chi connectivity index (χ1n) is 9.36. The van der Waals surface area contributed by atoms with Gasteiger partial charge in [0.05, 0.1) is 19.8 Å². The molecule has 1 aliphatic rings. The number of carbonyl (C=O) groups excluding carboxylic acids is 1. The second-order valence-electron chi connectivity index (χ2n) is 6.66. The van der Waals surface area contributed by atoms with E-state index < -0.39 is 6.10 Å². The van der Waals surface area contributed by atoms with Crippen LogP contribution in [0.5, 0.6) is 17.2 Å². The molecule has 0 bridgehead atoms. The third-order valence-electron chi connectivity index (χ3n) is 5.03. The van der Waals surface area contributed by atoms with Gasteiger partial charge in [-0.25, -0.2) is 0 Å². The Labute approximate surface area is 160 Å². The lowest BCUT2D eigenvalue weighted by atomic mass is 10.00. The van der Waals surface area contributed by atoms with Crippen LogP contribution < -0.4 is 14.2 Å². The van der Waals surface area contributed by atoms with Crippen molar-refractivity contribution in [1.82, 2.24) is 4.90 Å². The van der Waals surface area contributed by atoms with Gasteiger partial charge in [0.25, 0.3) is 0 Å². The predicted octanol–water partition coefficient (Wildman–Crippen LogP) is 3.73. The molecule has 1 atom stereocenters. The summed E-state index contributed by atoms with van der Waals surface area (Å²) in [5.41, 5.74) is 2.91. The van der Waals surface area contributed by atoms with E-state index in [1.807, 2.05) is 12.1 Å². The van der Waals surface area contributed by atoms with Gasteiger partial charge >= 0.3 is 0 Å². The van der Waals surface area contributed by atoms with Crippen molar-refractivity contribution in [2.24, 2.45) is 0 Å². The second-order valence-corrected chi connectivity index (χ2v) is 6.66. The van der Waals surface area contributed by atoms with Crippen LogP contribution in [0.1, 0.15) is 35.3 Å². The third-order valence-corrected chi connectivity index (χ3v) is 5.03. The zero-order valence-electron chi connectivity index (χ0n) is 16.5. The van der Waals surface area contributed by atoms with E-state index in [4.69, 9.17) is 14.2 Å². The molecule has 1 aliphatic heterocycles. The van der Waals surface area contributed by atoms with Crippen molar-refractivity contribution in [2.75, 3.05) is 27.3 Å². The van der Waals surface area contributed by atoms with Crippen molar-refractivity contribution < 1.29 is 19.0 Å². The zero-order chi connectivity index (χ0) is 19.4. The smallest absolute Gasteiger partial charge is 0.207 e. The standard InChI is InChI=1S/C22H27NO4/c1-5-23(6-2)14-16-9-7-8-15(10-16)11-21-22(24)17-12-19(25-3)20(26-4)13-18(17)27-21/h7-10,12-13,21H,5-6,11,14H2,1-4H3. The van der Waals surface area contributed by atoms with E-state index in [-0.39, 0.29) is 5.78 Å². The van der Waals surface area contributed by atoms with E-state index in [1.165, 1.54) is 5.56 Å². The number of fused-ring (bicyclic) bond motifs is 1. The summed E-state index contributed by atoms with van der Waals surface area (Å²) in [6.45, 7) is 7.28. The van der Waals surface area contributed by atoms with Crippen molar-refractivity contribution in [3.05, 3.63) is 53.1 Å². The number of benzene rings is 2. The molecule has 0 aliphatic carbocycles. The molecule has 2 aromatic carbocycles. The summed E-state index contributed by atoms with van der Waals surface area (Å²) < 4.78 is 16.5. The number of ether oxygens (including phenoxy) is 3. The summed E-state index contributed by atoms with van der Waals surface area (Å²) in [5, 5.41) is 0. The Morgan fingerprint density at radius 2 is 1.67 bits per heavy atom. The average Bonchev–Trinajstić information content (AvgIpc) is 2.99. The number of hydrogen-bond acceptors (Lipinski definition) is 5. The topological polar surface area (TPSA) is 48.0 Å². The maximum Gasteiger partial charge on any atom is 0.207 e. The molecule has 5 heteroatoms. The molecule has 2 aromatic rings. The molecule has 1 heterocycles. The van der Waals surface area contributed by atoms with Gasteiger partial charge in [-0.2, -0.15) is 0 Å². The number of methoxy groups -OCH3 is 2. The Morgan fingerprint density at radius 3 is 2.33 bits per heavy atom. The largest absolute Gasteiger partial charge is 0.493 e. The third kappa shape index (κ3) is 4.08. The Hall–Kier alpha value is -2.53. The normalized spacial score (nSPS) is 15.6. The summed E-state index contributed by atoms with van der Waals surface area (Å²) in [4.78, 5) is 15.2. The highest BCUT2D eigenvalue weighted by Gasteiger charge is 2.34. The van der Waals surface area contributed by atoms with Crippen molar-refractivity contribution in [1.29, 1.82) is 0 Å². The lowest BCUT2D eigenvalue weighted by molar-refractivity contribution is 0.0857. The Kier molecular flexibility index (Phi) is 6.01. The van der Waals surface area contributed by atoms with Crippen LogP contribution in [0.3, 0.4) is 0 Å². The molecular weight excluding hydrogens is 342 g/mol. The minimum atomic E-state index is -0.513. The van der Waals surface area contributed by atoms with Crippen molar-refractivity contribution in [3.63, 3.8) is 0 Å². The summed E-state index contributed by atoms with van der Waals surface area (Å²) >= 11 is 0. The average molecular weight is 369 g/mol. The molecule has 5 nitrogen and oxygen atoms in total. The molecule has 0 amide bonds. The summed E-state index contributed by atoms with van der Waals surface area (Å²) in [6, 6.07) is 11.8. The van der Waals surface area contributed by atoms with Gasteiger partial charge < -0.3 is 14.2 Å². The highest BCUT2D eigenvalue weighted by Crippen LogP contribution is 2.39. The highest BCUT2D eigenvalue weighted by atomic mass is 16.5. The molecule has 0 radical (unpaired) electrons. The van der Waals surface area contributed by atoms with E-state index >= 15 is 0 Å². The molecule has 0 fully saturated rings. The van der Waals surface area contributed by atoms with Crippen LogP contribution in [0.25, 0.3) is 0 Å². The van der Waals surface area contributed by atoms with Crippen LogP contribution >= 0.6 is 0 Å². The van der Waals surface area contributed by atoms with Gasteiger partial charge in [-0.1, -0.05) is 38.1 Å². The molecule has 0 saturated heterocycles. The second kappa shape index (κ2) is 8.44. The first kappa shape index (κ1) is 19.2. The molecule has 27 heavy (non-hydrogen) atoms. The lowest BCUT2D eigenvalue weighted by Crippen LogP contribution is -2.24. The van der Waals surface area contributed by atoms with E-state index in [0.29, 0.717) is 29.2 Å². The number of nitrogens with zero attached hydrogens (tertiary/aromatic N) is 1. The summed E-state index contributed by atoms with van der Waals surface area (Å²) in [6.07, 6.45) is 0.0325. The number of hydrogen-bond donors (Lipinski definition) is 0. The maximum atomic E-state index is 12.8. The van der Waals surface area contributed by atoms with Gasteiger partial charge in [-0.15, -0.1) is 0 Å². The number of ketones is 1. The van der Waals surface area contributed by atoms with E-state index in [1.54, 1.807) is 26.4 Å². The van der Waals surface area contributed by atoms with Crippen LogP contribution in [0, 0.1) is 0 Å². The minimum absolute atomic E-state index is 0.0138. The Morgan fingerprint density at radius 1 is 1.00 bits per heavy atom. The number of rotatable bonds is 8. The molecule has 1 unspecified atom stereocenters. The SMILES string of the molecule is CCN(CC)Cc1cccc(CC2Oc3cc(OC)c(OC)cc3C2=O)c1. The minimum Gasteiger partial charge on any atom is -0.493 e. The molecule has 0 aromatic heterocycles. The van der Waals surface area contributed by atoms with Gasteiger partial charge in [-0.3, -0.25) is 9.69 Å². The first-order valence-corrected chi connectivity index (χ1v) is 9.36.